The maximum Gasteiger partial charge on any atom is 0.379 e. The molecule has 1 aromatic heterocycles. The molecule has 1 N–H and O–H groups in total. The number of hydrogen-bond acceptors (Lipinski definition) is 5. The molecule has 0 aliphatic heterocycles. The van der Waals surface area contributed by atoms with Gasteiger partial charge in [-0.1, -0.05) is 24.3 Å². The number of rotatable bonds is 5. The number of amides is 1. The van der Waals surface area contributed by atoms with Crippen molar-refractivity contribution in [1.29, 1.82) is 5.26 Å². The van der Waals surface area contributed by atoms with E-state index in [4.69, 9.17) is 9.15 Å². The minimum absolute atomic E-state index is 0.0592. The second kappa shape index (κ2) is 8.84. The zero-order chi connectivity index (χ0) is 19.9. The van der Waals surface area contributed by atoms with Crippen LogP contribution in [0.5, 0.6) is 5.75 Å². The molecule has 0 saturated carbocycles. The molecule has 0 aliphatic carbocycles. The fourth-order valence-electron chi connectivity index (χ4n) is 2.25. The molecule has 0 spiro atoms. The van der Waals surface area contributed by atoms with Crippen LogP contribution in [0.25, 0.3) is 6.08 Å². The van der Waals surface area contributed by atoms with Gasteiger partial charge in [0.1, 0.15) is 17.4 Å². The van der Waals surface area contributed by atoms with Gasteiger partial charge in [0.2, 0.25) is 5.76 Å². The highest BCUT2D eigenvalue weighted by Gasteiger charge is 2.13. The number of esters is 1. The van der Waals surface area contributed by atoms with Crippen LogP contribution in [-0.2, 0) is 4.79 Å². The summed E-state index contributed by atoms with van der Waals surface area (Å²) < 4.78 is 10.9. The molecule has 0 unspecified atom stereocenters. The molecule has 0 saturated heterocycles. The van der Waals surface area contributed by atoms with Gasteiger partial charge in [-0.15, -0.1) is 0 Å². The summed E-state index contributed by atoms with van der Waals surface area (Å²) in [5.74, 6) is -0.726. The fourth-order valence-corrected chi connectivity index (χ4v) is 2.64. The Bertz CT molecular complexity index is 1060. The smallest absolute Gasteiger partial charge is 0.379 e. The summed E-state index contributed by atoms with van der Waals surface area (Å²) in [4.78, 5) is 24.2. The van der Waals surface area contributed by atoms with E-state index in [1.807, 2.05) is 12.1 Å². The van der Waals surface area contributed by atoms with Crippen molar-refractivity contribution in [2.24, 2.45) is 0 Å². The normalized spacial score (nSPS) is 10.8. The summed E-state index contributed by atoms with van der Waals surface area (Å²) in [6, 6.07) is 18.5. The predicted octanol–water partition coefficient (Wildman–Crippen LogP) is 4.81. The molecule has 3 rings (SSSR count). The number of ether oxygens (including phenoxy) is 1. The number of benzene rings is 2. The van der Waals surface area contributed by atoms with Crippen LogP contribution in [0, 0.1) is 11.3 Å². The minimum Gasteiger partial charge on any atom is -0.457 e. The Morgan fingerprint density at radius 2 is 1.82 bits per heavy atom. The van der Waals surface area contributed by atoms with E-state index in [1.165, 1.54) is 18.4 Å². The highest BCUT2D eigenvalue weighted by molar-refractivity contribution is 9.10. The van der Waals surface area contributed by atoms with Crippen LogP contribution in [0.1, 0.15) is 16.1 Å². The number of anilines is 1. The van der Waals surface area contributed by atoms with E-state index in [0.29, 0.717) is 21.5 Å². The molecule has 3 aromatic rings. The van der Waals surface area contributed by atoms with Gasteiger partial charge in [0, 0.05) is 4.47 Å². The third-order valence-electron chi connectivity index (χ3n) is 3.61. The first-order valence-corrected chi connectivity index (χ1v) is 8.89. The Hall–Kier alpha value is -3.63. The lowest BCUT2D eigenvalue weighted by Gasteiger charge is -2.06. The van der Waals surface area contributed by atoms with Crippen molar-refractivity contribution in [2.75, 3.05) is 5.32 Å². The van der Waals surface area contributed by atoms with Gasteiger partial charge in [-0.2, -0.15) is 5.26 Å². The maximum atomic E-state index is 12.3. The van der Waals surface area contributed by atoms with Gasteiger partial charge in [-0.3, -0.25) is 4.79 Å². The third kappa shape index (κ3) is 4.75. The summed E-state index contributed by atoms with van der Waals surface area (Å²) in [7, 11) is 0. The Morgan fingerprint density at radius 1 is 1.07 bits per heavy atom. The number of hydrogen-bond donors (Lipinski definition) is 1. The molecule has 6 nitrogen and oxygen atoms in total. The number of furan rings is 1. The van der Waals surface area contributed by atoms with Crippen LogP contribution in [0.4, 0.5) is 5.69 Å². The standard InChI is InChI=1S/C21H13BrN2O4/c22-17-4-1-2-5-18(17)24-20(25)15(13-23)12-14-7-9-16(10-8-14)28-21(26)19-6-3-11-27-19/h1-12H,(H,24,25). The Balaban J connectivity index is 1.70. The van der Waals surface area contributed by atoms with E-state index in [9.17, 15) is 14.9 Å². The van der Waals surface area contributed by atoms with Crippen LogP contribution in [0.3, 0.4) is 0 Å². The van der Waals surface area contributed by atoms with Crippen LogP contribution in [0.2, 0.25) is 0 Å². The highest BCUT2D eigenvalue weighted by atomic mass is 79.9. The van der Waals surface area contributed by atoms with E-state index in [-0.39, 0.29) is 11.3 Å². The summed E-state index contributed by atoms with van der Waals surface area (Å²) in [6.45, 7) is 0. The van der Waals surface area contributed by atoms with Crippen LogP contribution >= 0.6 is 15.9 Å². The molecule has 1 amide bonds. The van der Waals surface area contributed by atoms with Crippen LogP contribution < -0.4 is 10.1 Å². The Morgan fingerprint density at radius 3 is 2.46 bits per heavy atom. The molecule has 2 aromatic carbocycles. The molecular weight excluding hydrogens is 424 g/mol. The second-order valence-corrected chi connectivity index (χ2v) is 6.39. The van der Waals surface area contributed by atoms with Gasteiger partial charge in [-0.05, 0) is 64.0 Å². The SMILES string of the molecule is N#CC(=Cc1ccc(OC(=O)c2ccco2)cc1)C(=O)Nc1ccccc1Br. The number of nitriles is 1. The second-order valence-electron chi connectivity index (χ2n) is 5.54. The summed E-state index contributed by atoms with van der Waals surface area (Å²) >= 11 is 3.34. The molecule has 0 bridgehead atoms. The quantitative estimate of drug-likeness (QED) is 0.268. The Labute approximate surface area is 169 Å². The number of carbonyl (C=O) groups excluding carboxylic acids is 2. The minimum atomic E-state index is -0.612. The van der Waals surface area contributed by atoms with Crippen molar-refractivity contribution in [3.05, 3.63) is 88.3 Å². The highest BCUT2D eigenvalue weighted by Crippen LogP contribution is 2.22. The van der Waals surface area contributed by atoms with Crippen molar-refractivity contribution in [3.63, 3.8) is 0 Å². The molecule has 28 heavy (non-hydrogen) atoms. The predicted molar refractivity (Wildman–Crippen MR) is 106 cm³/mol. The lowest BCUT2D eigenvalue weighted by Crippen LogP contribution is -2.13. The lowest BCUT2D eigenvalue weighted by atomic mass is 10.1. The van der Waals surface area contributed by atoms with Crippen molar-refractivity contribution < 1.29 is 18.7 Å². The number of para-hydroxylation sites is 1. The van der Waals surface area contributed by atoms with E-state index in [1.54, 1.807) is 48.5 Å². The van der Waals surface area contributed by atoms with Crippen molar-refractivity contribution in [1.82, 2.24) is 0 Å². The van der Waals surface area contributed by atoms with E-state index >= 15 is 0 Å². The number of nitrogens with zero attached hydrogens (tertiary/aromatic N) is 1. The van der Waals surface area contributed by atoms with Crippen molar-refractivity contribution in [2.45, 2.75) is 0 Å². The van der Waals surface area contributed by atoms with Gasteiger partial charge >= 0.3 is 5.97 Å². The lowest BCUT2D eigenvalue weighted by molar-refractivity contribution is -0.112. The molecule has 1 heterocycles. The van der Waals surface area contributed by atoms with Gasteiger partial charge in [0.05, 0.1) is 12.0 Å². The number of carbonyl (C=O) groups is 2. The average molecular weight is 437 g/mol. The first-order valence-electron chi connectivity index (χ1n) is 8.10. The van der Waals surface area contributed by atoms with E-state index in [0.717, 1.165) is 0 Å². The first kappa shape index (κ1) is 19.1. The summed E-state index contributed by atoms with van der Waals surface area (Å²) in [6.07, 6.45) is 2.83. The van der Waals surface area contributed by atoms with Crippen LogP contribution in [-0.4, -0.2) is 11.9 Å². The topological polar surface area (TPSA) is 92.3 Å². The van der Waals surface area contributed by atoms with E-state index in [2.05, 4.69) is 21.2 Å². The van der Waals surface area contributed by atoms with Crippen molar-refractivity contribution in [3.8, 4) is 11.8 Å². The number of nitrogens with one attached hydrogen (secondary N) is 1. The average Bonchev–Trinajstić information content (AvgIpc) is 3.24. The largest absolute Gasteiger partial charge is 0.457 e. The first-order chi connectivity index (χ1) is 13.6. The summed E-state index contributed by atoms with van der Waals surface area (Å²) in [5.41, 5.74) is 1.11. The zero-order valence-corrected chi connectivity index (χ0v) is 16.0. The van der Waals surface area contributed by atoms with Gasteiger partial charge in [0.25, 0.3) is 5.91 Å². The molecule has 7 heteroatoms. The van der Waals surface area contributed by atoms with Gasteiger partial charge < -0.3 is 14.5 Å². The van der Waals surface area contributed by atoms with Gasteiger partial charge in [0.15, 0.2) is 0 Å². The van der Waals surface area contributed by atoms with Crippen molar-refractivity contribution >= 4 is 39.6 Å². The molecule has 0 fully saturated rings. The van der Waals surface area contributed by atoms with Crippen LogP contribution in [0.15, 0.2) is 81.4 Å². The zero-order valence-electron chi connectivity index (χ0n) is 14.4. The monoisotopic (exact) mass is 436 g/mol. The third-order valence-corrected chi connectivity index (χ3v) is 4.30. The van der Waals surface area contributed by atoms with E-state index < -0.39 is 11.9 Å². The Kier molecular flexibility index (Phi) is 6.04. The molecular formula is C21H13BrN2O4. The van der Waals surface area contributed by atoms with Gasteiger partial charge in [-0.25, -0.2) is 4.79 Å². The number of halogens is 1. The molecule has 138 valence electrons. The molecule has 0 atom stereocenters. The fraction of sp³-hybridized carbons (Fsp3) is 0. The molecule has 0 radical (unpaired) electrons. The molecule has 0 aliphatic rings. The summed E-state index contributed by atoms with van der Waals surface area (Å²) in [5, 5.41) is 12.0. The maximum absolute atomic E-state index is 12.3.